The van der Waals surface area contributed by atoms with Gasteiger partial charge in [-0.2, -0.15) is 4.31 Å². The van der Waals surface area contributed by atoms with Gasteiger partial charge in [0.05, 0.1) is 21.5 Å². The Bertz CT molecular complexity index is 946. The van der Waals surface area contributed by atoms with Gasteiger partial charge >= 0.3 is 0 Å². The van der Waals surface area contributed by atoms with Gasteiger partial charge in [0.2, 0.25) is 15.9 Å². The van der Waals surface area contributed by atoms with E-state index in [0.717, 1.165) is 5.56 Å². The smallest absolute Gasteiger partial charge is 0.243 e. The highest BCUT2D eigenvalue weighted by molar-refractivity contribution is 7.89. The van der Waals surface area contributed by atoms with Crippen molar-refractivity contribution in [3.63, 3.8) is 0 Å². The Kier molecular flexibility index (Phi) is 6.11. The highest BCUT2D eigenvalue weighted by Crippen LogP contribution is 2.27. The summed E-state index contributed by atoms with van der Waals surface area (Å²) < 4.78 is 27.1. The van der Waals surface area contributed by atoms with Crippen molar-refractivity contribution in [3.05, 3.63) is 58.1 Å². The van der Waals surface area contributed by atoms with E-state index in [0.29, 0.717) is 35.1 Å². The Morgan fingerprint density at radius 1 is 1.15 bits per heavy atom. The fourth-order valence-electron chi connectivity index (χ4n) is 3.09. The minimum absolute atomic E-state index is 0.139. The quantitative estimate of drug-likeness (QED) is 0.790. The first kappa shape index (κ1) is 20.1. The summed E-state index contributed by atoms with van der Waals surface area (Å²) in [6.07, 6.45) is 1.24. The van der Waals surface area contributed by atoms with Crippen LogP contribution in [0.25, 0.3) is 0 Å². The Morgan fingerprint density at radius 3 is 2.52 bits per heavy atom. The van der Waals surface area contributed by atoms with Gasteiger partial charge in [0, 0.05) is 18.1 Å². The maximum Gasteiger partial charge on any atom is 0.243 e. The van der Waals surface area contributed by atoms with Gasteiger partial charge in [0.25, 0.3) is 0 Å². The summed E-state index contributed by atoms with van der Waals surface area (Å²) in [5.74, 6) is -0.657. The van der Waals surface area contributed by atoms with Crippen molar-refractivity contribution >= 4 is 44.8 Å². The van der Waals surface area contributed by atoms with E-state index < -0.39 is 15.9 Å². The van der Waals surface area contributed by atoms with Gasteiger partial charge in [-0.25, -0.2) is 8.42 Å². The summed E-state index contributed by atoms with van der Waals surface area (Å²) >= 11 is 12.0. The molecule has 8 heteroatoms. The number of anilines is 1. The number of nitrogens with zero attached hydrogens (tertiary/aromatic N) is 1. The molecule has 1 fully saturated rings. The number of aryl methyl sites for hydroxylation is 1. The van der Waals surface area contributed by atoms with E-state index in [-0.39, 0.29) is 17.3 Å². The van der Waals surface area contributed by atoms with Crippen molar-refractivity contribution in [2.45, 2.75) is 24.7 Å². The number of carbonyl (C=O) groups is 1. The van der Waals surface area contributed by atoms with Crippen LogP contribution in [0.3, 0.4) is 0 Å². The second kappa shape index (κ2) is 8.19. The summed E-state index contributed by atoms with van der Waals surface area (Å²) in [6.45, 7) is 2.44. The van der Waals surface area contributed by atoms with Crippen LogP contribution in [-0.2, 0) is 14.8 Å². The van der Waals surface area contributed by atoms with Gasteiger partial charge in [-0.15, -0.1) is 0 Å². The molecule has 1 heterocycles. The molecular weight excluding hydrogens is 407 g/mol. The standard InChI is InChI=1S/C19H20Cl2N2O3S/c1-13-4-9-18(17(21)11-13)22-19(24)14-3-2-10-23(12-14)27(25,26)16-7-5-15(20)6-8-16/h4-9,11,14H,2-3,10,12H2,1H3,(H,22,24). The highest BCUT2D eigenvalue weighted by atomic mass is 35.5. The molecule has 0 spiro atoms. The number of nitrogens with one attached hydrogen (secondary N) is 1. The number of halogens is 2. The number of benzene rings is 2. The SMILES string of the molecule is Cc1ccc(NC(=O)C2CCCN(S(=O)(=O)c3ccc(Cl)cc3)C2)c(Cl)c1. The molecule has 2 aromatic rings. The van der Waals surface area contributed by atoms with Crippen molar-refractivity contribution < 1.29 is 13.2 Å². The summed E-state index contributed by atoms with van der Waals surface area (Å²) in [4.78, 5) is 12.8. The molecule has 27 heavy (non-hydrogen) atoms. The predicted octanol–water partition coefficient (Wildman–Crippen LogP) is 4.34. The van der Waals surface area contributed by atoms with Crippen molar-refractivity contribution in [2.24, 2.45) is 5.92 Å². The first-order chi connectivity index (χ1) is 12.8. The molecule has 2 aromatic carbocycles. The molecule has 3 rings (SSSR count). The Balaban J connectivity index is 1.73. The molecule has 1 N–H and O–H groups in total. The van der Waals surface area contributed by atoms with Gasteiger partial charge < -0.3 is 5.32 Å². The van der Waals surface area contributed by atoms with E-state index in [1.807, 2.05) is 13.0 Å². The molecule has 0 aromatic heterocycles. The van der Waals surface area contributed by atoms with E-state index in [2.05, 4.69) is 5.32 Å². The highest BCUT2D eigenvalue weighted by Gasteiger charge is 2.33. The lowest BCUT2D eigenvalue weighted by molar-refractivity contribution is -0.120. The molecule has 1 amide bonds. The van der Waals surface area contributed by atoms with Crippen molar-refractivity contribution in [1.29, 1.82) is 0 Å². The fraction of sp³-hybridized carbons (Fsp3) is 0.316. The van der Waals surface area contributed by atoms with Crippen LogP contribution < -0.4 is 5.32 Å². The van der Waals surface area contributed by atoms with Gasteiger partial charge in [-0.05, 0) is 61.7 Å². The van der Waals surface area contributed by atoms with E-state index in [9.17, 15) is 13.2 Å². The minimum atomic E-state index is -3.66. The molecule has 0 aliphatic carbocycles. The summed E-state index contributed by atoms with van der Waals surface area (Å²) in [6, 6.07) is 11.4. The second-order valence-corrected chi connectivity index (χ2v) is 9.41. The molecule has 1 aliphatic rings. The average molecular weight is 427 g/mol. The van der Waals surface area contributed by atoms with Crippen LogP contribution in [0.2, 0.25) is 10.0 Å². The fourth-order valence-corrected chi connectivity index (χ4v) is 5.02. The summed E-state index contributed by atoms with van der Waals surface area (Å²) in [5, 5.41) is 3.75. The Morgan fingerprint density at radius 2 is 1.85 bits per heavy atom. The van der Waals surface area contributed by atoms with Crippen LogP contribution >= 0.6 is 23.2 Å². The lowest BCUT2D eigenvalue weighted by Crippen LogP contribution is -2.43. The molecule has 1 unspecified atom stereocenters. The van der Waals surface area contributed by atoms with Gasteiger partial charge in [-0.1, -0.05) is 29.3 Å². The molecule has 5 nitrogen and oxygen atoms in total. The van der Waals surface area contributed by atoms with Gasteiger partial charge in [0.15, 0.2) is 0 Å². The first-order valence-corrected chi connectivity index (χ1v) is 10.8. The number of amides is 1. The van der Waals surface area contributed by atoms with Crippen molar-refractivity contribution in [3.8, 4) is 0 Å². The van der Waals surface area contributed by atoms with Gasteiger partial charge in [0.1, 0.15) is 0 Å². The largest absolute Gasteiger partial charge is 0.324 e. The number of piperidine rings is 1. The maximum absolute atomic E-state index is 12.8. The van der Waals surface area contributed by atoms with Crippen molar-refractivity contribution in [1.82, 2.24) is 4.31 Å². The zero-order valence-electron chi connectivity index (χ0n) is 14.8. The van der Waals surface area contributed by atoms with Crippen molar-refractivity contribution in [2.75, 3.05) is 18.4 Å². The van der Waals surface area contributed by atoms with Crippen LogP contribution in [0.15, 0.2) is 47.4 Å². The third-order valence-corrected chi connectivity index (χ3v) is 7.03. The lowest BCUT2D eigenvalue weighted by Gasteiger charge is -2.31. The van der Waals surface area contributed by atoms with Crippen LogP contribution in [-0.4, -0.2) is 31.7 Å². The number of hydrogen-bond acceptors (Lipinski definition) is 3. The number of rotatable bonds is 4. The molecular formula is C19H20Cl2N2O3S. The Hall–Kier alpha value is -1.60. The summed E-state index contributed by atoms with van der Waals surface area (Å²) in [5.41, 5.74) is 1.53. The monoisotopic (exact) mass is 426 g/mol. The molecule has 0 bridgehead atoms. The average Bonchev–Trinajstić information content (AvgIpc) is 2.64. The molecule has 0 radical (unpaired) electrons. The molecule has 1 atom stereocenters. The minimum Gasteiger partial charge on any atom is -0.324 e. The van der Waals surface area contributed by atoms with E-state index in [1.54, 1.807) is 24.3 Å². The zero-order valence-corrected chi connectivity index (χ0v) is 17.1. The molecule has 144 valence electrons. The number of sulfonamides is 1. The van der Waals surface area contributed by atoms with E-state index >= 15 is 0 Å². The normalized spacial score (nSPS) is 18.3. The van der Waals surface area contributed by atoms with E-state index in [4.69, 9.17) is 23.2 Å². The number of hydrogen-bond donors (Lipinski definition) is 1. The second-order valence-electron chi connectivity index (χ2n) is 6.63. The molecule has 1 saturated heterocycles. The van der Waals surface area contributed by atoms with E-state index in [1.165, 1.54) is 16.4 Å². The number of carbonyl (C=O) groups excluding carboxylic acids is 1. The third-order valence-electron chi connectivity index (χ3n) is 4.59. The molecule has 0 saturated carbocycles. The maximum atomic E-state index is 12.8. The van der Waals surface area contributed by atoms with Crippen LogP contribution in [0, 0.1) is 12.8 Å². The van der Waals surface area contributed by atoms with Crippen LogP contribution in [0.1, 0.15) is 18.4 Å². The van der Waals surface area contributed by atoms with Crippen LogP contribution in [0.5, 0.6) is 0 Å². The lowest BCUT2D eigenvalue weighted by atomic mass is 9.98. The predicted molar refractivity (Wildman–Crippen MR) is 108 cm³/mol. The summed E-state index contributed by atoms with van der Waals surface area (Å²) in [7, 11) is -3.66. The van der Waals surface area contributed by atoms with Crippen LogP contribution in [0.4, 0.5) is 5.69 Å². The topological polar surface area (TPSA) is 66.5 Å². The van der Waals surface area contributed by atoms with Gasteiger partial charge in [-0.3, -0.25) is 4.79 Å². The Labute approximate surface area is 169 Å². The first-order valence-electron chi connectivity index (χ1n) is 8.60. The zero-order chi connectivity index (χ0) is 19.6. The third kappa shape index (κ3) is 4.63. The molecule has 1 aliphatic heterocycles.